The van der Waals surface area contributed by atoms with Crippen molar-refractivity contribution >= 4 is 8.80 Å². The normalized spacial score (nSPS) is 10.5. The first-order chi connectivity index (χ1) is 5.28. The topological polar surface area (TPSA) is 3.24 Å². The summed E-state index contributed by atoms with van der Waals surface area (Å²) in [4.78, 5) is 2.41. The minimum Gasteiger partial charge on any atom is -0.306 e. The van der Waals surface area contributed by atoms with Gasteiger partial charge in [0.1, 0.15) is 8.80 Å². The molecule has 11 heavy (non-hydrogen) atoms. The quantitative estimate of drug-likeness (QED) is 0.547. The SMILES string of the molecule is C=C[Si](C=C)CN(CC)CC. The van der Waals surface area contributed by atoms with Gasteiger partial charge in [-0.05, 0) is 19.3 Å². The van der Waals surface area contributed by atoms with Crippen LogP contribution in [0, 0.1) is 0 Å². The van der Waals surface area contributed by atoms with Crippen LogP contribution in [0.4, 0.5) is 0 Å². The molecule has 0 rings (SSSR count). The summed E-state index contributed by atoms with van der Waals surface area (Å²) < 4.78 is 0. The van der Waals surface area contributed by atoms with Gasteiger partial charge < -0.3 is 4.90 Å². The summed E-state index contributed by atoms with van der Waals surface area (Å²) in [6.45, 7) is 14.2. The van der Waals surface area contributed by atoms with E-state index in [2.05, 4.69) is 43.3 Å². The first kappa shape index (κ1) is 10.7. The van der Waals surface area contributed by atoms with E-state index < -0.39 is 8.80 Å². The van der Waals surface area contributed by atoms with E-state index in [4.69, 9.17) is 0 Å². The smallest absolute Gasteiger partial charge is 0.117 e. The molecule has 0 amide bonds. The Labute approximate surface area is 72.0 Å². The van der Waals surface area contributed by atoms with Crippen molar-refractivity contribution in [3.8, 4) is 0 Å². The van der Waals surface area contributed by atoms with E-state index in [1.165, 1.54) is 0 Å². The van der Waals surface area contributed by atoms with Crippen LogP contribution in [0.3, 0.4) is 0 Å². The molecule has 0 fully saturated rings. The highest BCUT2D eigenvalue weighted by Crippen LogP contribution is 1.92. The van der Waals surface area contributed by atoms with Crippen LogP contribution in [0.1, 0.15) is 13.8 Å². The van der Waals surface area contributed by atoms with E-state index >= 15 is 0 Å². The molecule has 0 saturated heterocycles. The molecule has 0 bridgehead atoms. The molecule has 0 N–H and O–H groups in total. The van der Waals surface area contributed by atoms with Crippen LogP contribution in [0.5, 0.6) is 0 Å². The zero-order chi connectivity index (χ0) is 8.69. The molecule has 2 heteroatoms. The van der Waals surface area contributed by atoms with Crippen molar-refractivity contribution in [2.75, 3.05) is 19.3 Å². The maximum Gasteiger partial charge on any atom is 0.117 e. The van der Waals surface area contributed by atoms with Gasteiger partial charge in [-0.1, -0.05) is 25.2 Å². The largest absolute Gasteiger partial charge is 0.306 e. The molecule has 0 aliphatic heterocycles. The van der Waals surface area contributed by atoms with Crippen molar-refractivity contribution < 1.29 is 0 Å². The number of hydrogen-bond donors (Lipinski definition) is 0. The minimum atomic E-state index is -0.493. The third-order valence-corrected chi connectivity index (χ3v) is 3.69. The summed E-state index contributed by atoms with van der Waals surface area (Å²) in [7, 11) is -0.493. The van der Waals surface area contributed by atoms with Crippen molar-refractivity contribution in [2.45, 2.75) is 13.8 Å². The molecule has 1 nitrogen and oxygen atoms in total. The molecule has 0 aliphatic rings. The maximum absolute atomic E-state index is 3.80. The van der Waals surface area contributed by atoms with Gasteiger partial charge in [0.2, 0.25) is 0 Å². The highest BCUT2D eigenvalue weighted by Gasteiger charge is 2.05. The van der Waals surface area contributed by atoms with E-state index in [9.17, 15) is 0 Å². The Morgan fingerprint density at radius 1 is 1.18 bits per heavy atom. The molecule has 0 unspecified atom stereocenters. The average molecular weight is 168 g/mol. The van der Waals surface area contributed by atoms with Crippen LogP contribution in [0.2, 0.25) is 0 Å². The van der Waals surface area contributed by atoms with Crippen LogP contribution in [-0.4, -0.2) is 33.0 Å². The molecular formula is C9H18NSi. The Hall–Kier alpha value is -0.343. The van der Waals surface area contributed by atoms with E-state index in [1.54, 1.807) is 0 Å². The molecule has 0 saturated carbocycles. The van der Waals surface area contributed by atoms with Crippen molar-refractivity contribution in [1.29, 1.82) is 0 Å². The lowest BCUT2D eigenvalue weighted by molar-refractivity contribution is 0.351. The van der Waals surface area contributed by atoms with Crippen LogP contribution in [0.15, 0.2) is 24.6 Å². The van der Waals surface area contributed by atoms with Crippen LogP contribution in [-0.2, 0) is 0 Å². The summed E-state index contributed by atoms with van der Waals surface area (Å²) in [5.41, 5.74) is 4.10. The predicted molar refractivity (Wildman–Crippen MR) is 53.9 cm³/mol. The molecule has 0 spiro atoms. The Bertz CT molecular complexity index is 111. The summed E-state index contributed by atoms with van der Waals surface area (Å²) in [5, 5.41) is 0. The lowest BCUT2D eigenvalue weighted by atomic mass is 10.6. The van der Waals surface area contributed by atoms with Crippen LogP contribution >= 0.6 is 0 Å². The van der Waals surface area contributed by atoms with E-state index in [1.807, 2.05) is 0 Å². The molecular weight excluding hydrogens is 150 g/mol. The predicted octanol–water partition coefficient (Wildman–Crippen LogP) is 1.81. The molecule has 0 aliphatic carbocycles. The summed E-state index contributed by atoms with van der Waals surface area (Å²) in [6, 6.07) is 0. The Balaban J connectivity index is 3.76. The number of rotatable bonds is 6. The first-order valence-electron chi connectivity index (χ1n) is 4.11. The fourth-order valence-corrected chi connectivity index (χ4v) is 2.31. The van der Waals surface area contributed by atoms with Gasteiger partial charge >= 0.3 is 0 Å². The monoisotopic (exact) mass is 168 g/mol. The second kappa shape index (κ2) is 6.37. The number of hydrogen-bond acceptors (Lipinski definition) is 1. The zero-order valence-corrected chi connectivity index (χ0v) is 8.64. The highest BCUT2D eigenvalue weighted by molar-refractivity contribution is 6.69. The van der Waals surface area contributed by atoms with Gasteiger partial charge in [-0.3, -0.25) is 0 Å². The van der Waals surface area contributed by atoms with Gasteiger partial charge in [0.15, 0.2) is 0 Å². The first-order valence-corrected chi connectivity index (χ1v) is 5.97. The van der Waals surface area contributed by atoms with Gasteiger partial charge in [0.25, 0.3) is 0 Å². The lowest BCUT2D eigenvalue weighted by Crippen LogP contribution is -2.32. The third kappa shape index (κ3) is 4.17. The Morgan fingerprint density at radius 2 is 1.64 bits per heavy atom. The van der Waals surface area contributed by atoms with Gasteiger partial charge in [-0.25, -0.2) is 0 Å². The van der Waals surface area contributed by atoms with Crippen molar-refractivity contribution in [3.63, 3.8) is 0 Å². The van der Waals surface area contributed by atoms with Gasteiger partial charge in [-0.15, -0.1) is 13.2 Å². The van der Waals surface area contributed by atoms with Crippen molar-refractivity contribution in [3.05, 3.63) is 24.6 Å². The van der Waals surface area contributed by atoms with Crippen LogP contribution < -0.4 is 0 Å². The molecule has 0 atom stereocenters. The Kier molecular flexibility index (Phi) is 6.17. The standard InChI is InChI=1S/C9H18NSi/c1-5-10(6-2)9-11(7-3)8-4/h7-8H,3-6,9H2,1-2H3. The van der Waals surface area contributed by atoms with E-state index in [0.717, 1.165) is 19.3 Å². The van der Waals surface area contributed by atoms with Gasteiger partial charge in [0, 0.05) is 0 Å². The minimum absolute atomic E-state index is 0.493. The van der Waals surface area contributed by atoms with E-state index in [0.29, 0.717) is 0 Å². The fourth-order valence-electron chi connectivity index (χ4n) is 0.918. The third-order valence-electron chi connectivity index (χ3n) is 1.82. The highest BCUT2D eigenvalue weighted by atomic mass is 28.3. The fraction of sp³-hybridized carbons (Fsp3) is 0.556. The van der Waals surface area contributed by atoms with Gasteiger partial charge in [0.05, 0.1) is 0 Å². The molecule has 0 aromatic heterocycles. The second-order valence-corrected chi connectivity index (χ2v) is 4.73. The zero-order valence-electron chi connectivity index (χ0n) is 7.64. The average Bonchev–Trinajstić information content (AvgIpc) is 2.07. The summed E-state index contributed by atoms with van der Waals surface area (Å²) in [6.07, 6.45) is 1.16. The second-order valence-electron chi connectivity index (χ2n) is 2.44. The van der Waals surface area contributed by atoms with Crippen molar-refractivity contribution in [2.24, 2.45) is 0 Å². The lowest BCUT2D eigenvalue weighted by Gasteiger charge is -2.19. The van der Waals surface area contributed by atoms with Crippen molar-refractivity contribution in [1.82, 2.24) is 4.90 Å². The molecule has 63 valence electrons. The molecule has 0 aromatic carbocycles. The van der Waals surface area contributed by atoms with Gasteiger partial charge in [-0.2, -0.15) is 0 Å². The van der Waals surface area contributed by atoms with Crippen LogP contribution in [0.25, 0.3) is 0 Å². The number of nitrogens with zero attached hydrogens (tertiary/aromatic N) is 1. The van der Waals surface area contributed by atoms with E-state index in [-0.39, 0.29) is 0 Å². The molecule has 1 radical (unpaired) electrons. The maximum atomic E-state index is 3.80. The summed E-state index contributed by atoms with van der Waals surface area (Å²) in [5.74, 6) is 0. The molecule has 0 heterocycles. The summed E-state index contributed by atoms with van der Waals surface area (Å²) >= 11 is 0. The Morgan fingerprint density at radius 3 is 1.91 bits per heavy atom. The molecule has 0 aromatic rings.